The zero-order valence-corrected chi connectivity index (χ0v) is 10.1. The van der Waals surface area contributed by atoms with E-state index < -0.39 is 5.91 Å². The molecule has 1 aromatic heterocycles. The van der Waals surface area contributed by atoms with Crippen LogP contribution in [0.3, 0.4) is 0 Å². The van der Waals surface area contributed by atoms with Crippen LogP contribution in [0.1, 0.15) is 16.1 Å². The first-order valence-electron chi connectivity index (χ1n) is 5.27. The fourth-order valence-corrected chi connectivity index (χ4v) is 1.50. The first-order chi connectivity index (χ1) is 8.61. The molecule has 2 aromatic rings. The highest BCUT2D eigenvalue weighted by molar-refractivity contribution is 6.07. The summed E-state index contributed by atoms with van der Waals surface area (Å²) in [6.07, 6.45) is 1.45. The highest BCUT2D eigenvalue weighted by atomic mass is 16.5. The van der Waals surface area contributed by atoms with Gasteiger partial charge < -0.3 is 14.9 Å². The molecule has 18 heavy (non-hydrogen) atoms. The van der Waals surface area contributed by atoms with Crippen molar-refractivity contribution in [2.75, 3.05) is 18.2 Å². The van der Waals surface area contributed by atoms with Crippen molar-refractivity contribution in [1.82, 2.24) is 4.98 Å². The second kappa shape index (κ2) is 4.79. The number of nitrogens with zero attached hydrogens (tertiary/aromatic N) is 1. The summed E-state index contributed by atoms with van der Waals surface area (Å²) in [4.78, 5) is 15.9. The largest absolute Gasteiger partial charge is 0.495 e. The standard InChI is InChI=1S/C12H13N3O3/c1-7-6-18-12(14-7)15-11(16)8-4-3-5-9(17-2)10(8)13/h3-6H,13H2,1-2H3,(H,14,15,16). The number of rotatable bonds is 3. The van der Waals surface area contributed by atoms with E-state index in [4.69, 9.17) is 14.9 Å². The molecule has 2 rings (SSSR count). The van der Waals surface area contributed by atoms with Gasteiger partial charge in [-0.05, 0) is 19.1 Å². The highest BCUT2D eigenvalue weighted by Crippen LogP contribution is 2.25. The van der Waals surface area contributed by atoms with E-state index in [-0.39, 0.29) is 11.7 Å². The number of benzene rings is 1. The number of amides is 1. The maximum absolute atomic E-state index is 12.0. The van der Waals surface area contributed by atoms with E-state index in [9.17, 15) is 4.79 Å². The molecule has 0 saturated heterocycles. The van der Waals surface area contributed by atoms with Gasteiger partial charge in [0.2, 0.25) is 0 Å². The molecular formula is C12H13N3O3. The summed E-state index contributed by atoms with van der Waals surface area (Å²) in [5.41, 5.74) is 7.09. The fraction of sp³-hybridized carbons (Fsp3) is 0.167. The van der Waals surface area contributed by atoms with Crippen LogP contribution >= 0.6 is 0 Å². The number of ether oxygens (including phenoxy) is 1. The highest BCUT2D eigenvalue weighted by Gasteiger charge is 2.14. The molecule has 1 amide bonds. The first-order valence-corrected chi connectivity index (χ1v) is 5.27. The number of carbonyl (C=O) groups excluding carboxylic acids is 1. The number of nitrogen functional groups attached to an aromatic ring is 1. The third kappa shape index (κ3) is 2.27. The zero-order chi connectivity index (χ0) is 13.1. The Balaban J connectivity index is 2.24. The van der Waals surface area contributed by atoms with Crippen LogP contribution in [0, 0.1) is 6.92 Å². The number of para-hydroxylation sites is 1. The monoisotopic (exact) mass is 247 g/mol. The second-order valence-electron chi connectivity index (χ2n) is 3.67. The molecule has 3 N–H and O–H groups in total. The summed E-state index contributed by atoms with van der Waals surface area (Å²) in [5.74, 6) is 0.0551. The van der Waals surface area contributed by atoms with Gasteiger partial charge in [-0.25, -0.2) is 0 Å². The average molecular weight is 247 g/mol. The number of oxazole rings is 1. The second-order valence-corrected chi connectivity index (χ2v) is 3.67. The fourth-order valence-electron chi connectivity index (χ4n) is 1.50. The summed E-state index contributed by atoms with van der Waals surface area (Å²) in [7, 11) is 1.49. The number of hydrogen-bond donors (Lipinski definition) is 2. The Bertz CT molecular complexity index is 578. The van der Waals surface area contributed by atoms with Crippen LogP contribution in [0.5, 0.6) is 5.75 Å². The van der Waals surface area contributed by atoms with Crippen molar-refractivity contribution >= 4 is 17.6 Å². The average Bonchev–Trinajstić information content (AvgIpc) is 2.75. The van der Waals surface area contributed by atoms with E-state index in [2.05, 4.69) is 10.3 Å². The van der Waals surface area contributed by atoms with Gasteiger partial charge in [0.1, 0.15) is 12.0 Å². The lowest BCUT2D eigenvalue weighted by atomic mass is 10.1. The third-order valence-corrected chi connectivity index (χ3v) is 2.37. The Hall–Kier alpha value is -2.50. The number of anilines is 2. The lowest BCUT2D eigenvalue weighted by molar-refractivity contribution is 0.102. The topological polar surface area (TPSA) is 90.4 Å². The zero-order valence-electron chi connectivity index (χ0n) is 10.1. The molecular weight excluding hydrogens is 234 g/mol. The molecule has 0 aliphatic rings. The smallest absolute Gasteiger partial charge is 0.301 e. The Kier molecular flexibility index (Phi) is 3.18. The first kappa shape index (κ1) is 12.0. The SMILES string of the molecule is COc1cccc(C(=O)Nc2nc(C)co2)c1N. The third-order valence-electron chi connectivity index (χ3n) is 2.37. The van der Waals surface area contributed by atoms with Gasteiger partial charge in [0.25, 0.3) is 5.91 Å². The van der Waals surface area contributed by atoms with Crippen molar-refractivity contribution in [3.63, 3.8) is 0 Å². The summed E-state index contributed by atoms with van der Waals surface area (Å²) < 4.78 is 10.1. The van der Waals surface area contributed by atoms with E-state index >= 15 is 0 Å². The quantitative estimate of drug-likeness (QED) is 0.807. The van der Waals surface area contributed by atoms with Crippen molar-refractivity contribution in [1.29, 1.82) is 0 Å². The predicted molar refractivity (Wildman–Crippen MR) is 66.6 cm³/mol. The summed E-state index contributed by atoms with van der Waals surface area (Å²) in [6.45, 7) is 1.76. The summed E-state index contributed by atoms with van der Waals surface area (Å²) in [5, 5.41) is 2.52. The summed E-state index contributed by atoms with van der Waals surface area (Å²) in [6, 6.07) is 5.11. The molecule has 0 spiro atoms. The number of hydrogen-bond acceptors (Lipinski definition) is 5. The van der Waals surface area contributed by atoms with E-state index in [1.807, 2.05) is 0 Å². The minimum atomic E-state index is -0.395. The van der Waals surface area contributed by atoms with Crippen LogP contribution in [0.2, 0.25) is 0 Å². The van der Waals surface area contributed by atoms with Gasteiger partial charge in [-0.1, -0.05) is 6.07 Å². The molecule has 6 nitrogen and oxygen atoms in total. The molecule has 94 valence electrons. The molecule has 1 aromatic carbocycles. The summed E-state index contributed by atoms with van der Waals surface area (Å²) >= 11 is 0. The molecule has 0 radical (unpaired) electrons. The number of nitrogens with two attached hydrogens (primary N) is 1. The molecule has 0 aliphatic heterocycles. The van der Waals surface area contributed by atoms with Gasteiger partial charge in [-0.3, -0.25) is 10.1 Å². The molecule has 0 fully saturated rings. The van der Waals surface area contributed by atoms with Crippen LogP contribution in [-0.4, -0.2) is 18.0 Å². The Morgan fingerprint density at radius 2 is 2.28 bits per heavy atom. The van der Waals surface area contributed by atoms with E-state index in [1.165, 1.54) is 13.4 Å². The molecule has 1 heterocycles. The maximum Gasteiger partial charge on any atom is 0.301 e. The lowest BCUT2D eigenvalue weighted by Crippen LogP contribution is -2.14. The number of aromatic nitrogens is 1. The lowest BCUT2D eigenvalue weighted by Gasteiger charge is -2.08. The number of aryl methyl sites for hydroxylation is 1. The Morgan fingerprint density at radius 3 is 2.89 bits per heavy atom. The Labute approximate surface area is 104 Å². The van der Waals surface area contributed by atoms with Gasteiger partial charge in [-0.15, -0.1) is 0 Å². The van der Waals surface area contributed by atoms with Gasteiger partial charge in [0.15, 0.2) is 0 Å². The van der Waals surface area contributed by atoms with Crippen molar-refractivity contribution in [2.45, 2.75) is 6.92 Å². The minimum Gasteiger partial charge on any atom is -0.495 e. The van der Waals surface area contributed by atoms with Crippen molar-refractivity contribution in [3.05, 3.63) is 35.7 Å². The van der Waals surface area contributed by atoms with Gasteiger partial charge in [-0.2, -0.15) is 4.98 Å². The van der Waals surface area contributed by atoms with Crippen LogP contribution in [0.15, 0.2) is 28.9 Å². The molecule has 0 bridgehead atoms. The molecule has 0 saturated carbocycles. The normalized spacial score (nSPS) is 10.1. The predicted octanol–water partition coefficient (Wildman–Crippen LogP) is 1.83. The maximum atomic E-state index is 12.0. The van der Waals surface area contributed by atoms with Crippen molar-refractivity contribution < 1.29 is 13.9 Å². The van der Waals surface area contributed by atoms with Crippen LogP contribution < -0.4 is 15.8 Å². The van der Waals surface area contributed by atoms with Crippen LogP contribution in [0.4, 0.5) is 11.7 Å². The number of methoxy groups -OCH3 is 1. The Morgan fingerprint density at radius 1 is 1.50 bits per heavy atom. The van der Waals surface area contributed by atoms with E-state index in [1.54, 1.807) is 25.1 Å². The molecule has 0 aliphatic carbocycles. The minimum absolute atomic E-state index is 0.139. The van der Waals surface area contributed by atoms with Crippen molar-refractivity contribution in [3.8, 4) is 5.75 Å². The van der Waals surface area contributed by atoms with Gasteiger partial charge in [0, 0.05) is 0 Å². The number of nitrogens with one attached hydrogen (secondary N) is 1. The van der Waals surface area contributed by atoms with Crippen LogP contribution in [-0.2, 0) is 0 Å². The van der Waals surface area contributed by atoms with Crippen molar-refractivity contribution in [2.24, 2.45) is 0 Å². The van der Waals surface area contributed by atoms with E-state index in [0.717, 1.165) is 0 Å². The van der Waals surface area contributed by atoms with E-state index in [0.29, 0.717) is 17.0 Å². The van der Waals surface area contributed by atoms with Crippen LogP contribution in [0.25, 0.3) is 0 Å². The molecule has 0 atom stereocenters. The number of carbonyl (C=O) groups is 1. The molecule has 0 unspecified atom stereocenters. The molecule has 6 heteroatoms. The van der Waals surface area contributed by atoms with Gasteiger partial charge in [0.05, 0.1) is 24.1 Å². The van der Waals surface area contributed by atoms with Gasteiger partial charge >= 0.3 is 6.01 Å².